The van der Waals surface area contributed by atoms with Crippen molar-refractivity contribution in [2.75, 3.05) is 19.6 Å². The maximum Gasteiger partial charge on any atom is 0.251 e. The molecule has 0 radical (unpaired) electrons. The average Bonchev–Trinajstić information content (AvgIpc) is 3.33. The number of nitrogens with zero attached hydrogens (tertiary/aromatic N) is 3. The smallest absolute Gasteiger partial charge is 0.251 e. The minimum atomic E-state index is -0.164. The highest BCUT2D eigenvalue weighted by Crippen LogP contribution is 2.26. The first kappa shape index (κ1) is 24.7. The summed E-state index contributed by atoms with van der Waals surface area (Å²) in [5, 5.41) is 10.1. The van der Waals surface area contributed by atoms with E-state index in [0.29, 0.717) is 35.8 Å². The van der Waals surface area contributed by atoms with Crippen LogP contribution in [0.25, 0.3) is 10.9 Å². The summed E-state index contributed by atoms with van der Waals surface area (Å²) in [5.41, 5.74) is 3.52. The van der Waals surface area contributed by atoms with Crippen LogP contribution in [0.4, 0.5) is 0 Å². The molecule has 5 rings (SSSR count). The van der Waals surface area contributed by atoms with Crippen molar-refractivity contribution in [2.45, 2.75) is 31.9 Å². The van der Waals surface area contributed by atoms with Crippen LogP contribution in [0, 0.1) is 24.0 Å². The van der Waals surface area contributed by atoms with Gasteiger partial charge in [0.05, 0.1) is 18.1 Å². The van der Waals surface area contributed by atoms with Gasteiger partial charge in [0, 0.05) is 34.7 Å². The third-order valence-corrected chi connectivity index (χ3v) is 6.83. The van der Waals surface area contributed by atoms with Crippen LogP contribution in [0.2, 0.25) is 0 Å². The van der Waals surface area contributed by atoms with Crippen LogP contribution in [-0.2, 0) is 6.61 Å². The Morgan fingerprint density at radius 3 is 2.78 bits per heavy atom. The van der Waals surface area contributed by atoms with Gasteiger partial charge in [-0.2, -0.15) is 0 Å². The van der Waals surface area contributed by atoms with Crippen LogP contribution in [-0.4, -0.2) is 56.6 Å². The number of nitrogens with one attached hydrogen (secondary N) is 3. The minimum absolute atomic E-state index is 0.00664. The first-order chi connectivity index (χ1) is 18.0. The standard InChI is InChI=1S/C28H28N6O2S/c1-3-13-34-14-12-23(26-31-28(37)33-32-26)25(16-34)30-27(35)19-8-10-21(11-9-19)36-17-20-15-18(2)29-24-7-5-4-6-22(20)24/h1,4-11,15,23,25H,12-14,16-17H2,2H3,(H,30,35)(H2,31,32,33,37)/t23-,25+/m0/s1. The van der Waals surface area contributed by atoms with Gasteiger partial charge in [0.2, 0.25) is 4.77 Å². The lowest BCUT2D eigenvalue weighted by Crippen LogP contribution is -2.52. The number of fused-ring (bicyclic) bond motifs is 1. The van der Waals surface area contributed by atoms with Crippen molar-refractivity contribution in [3.8, 4) is 18.1 Å². The molecule has 1 amide bonds. The highest BCUT2D eigenvalue weighted by Gasteiger charge is 2.33. The number of likely N-dealkylation sites (tertiary alicyclic amines) is 1. The van der Waals surface area contributed by atoms with Crippen molar-refractivity contribution in [1.82, 2.24) is 30.4 Å². The number of terminal acetylenes is 1. The van der Waals surface area contributed by atoms with E-state index in [-0.39, 0.29) is 17.9 Å². The van der Waals surface area contributed by atoms with Crippen LogP contribution in [0.15, 0.2) is 54.6 Å². The lowest BCUT2D eigenvalue weighted by molar-refractivity contribution is 0.0892. The van der Waals surface area contributed by atoms with Gasteiger partial charge in [0.25, 0.3) is 5.91 Å². The van der Waals surface area contributed by atoms with Gasteiger partial charge in [-0.3, -0.25) is 24.9 Å². The quantitative estimate of drug-likeness (QED) is 0.255. The number of para-hydroxylation sites is 1. The number of piperidine rings is 1. The number of benzene rings is 2. The monoisotopic (exact) mass is 512 g/mol. The molecule has 1 saturated heterocycles. The van der Waals surface area contributed by atoms with Gasteiger partial charge < -0.3 is 10.1 Å². The maximum atomic E-state index is 13.2. The van der Waals surface area contributed by atoms with E-state index in [1.807, 2.05) is 49.4 Å². The zero-order chi connectivity index (χ0) is 25.8. The summed E-state index contributed by atoms with van der Waals surface area (Å²) in [4.78, 5) is 24.3. The maximum absolute atomic E-state index is 13.2. The third kappa shape index (κ3) is 5.71. The fourth-order valence-electron chi connectivity index (χ4n) is 4.85. The molecule has 37 heavy (non-hydrogen) atoms. The molecular formula is C28H28N6O2S. The molecule has 188 valence electrons. The number of hydrogen-bond acceptors (Lipinski definition) is 6. The molecule has 9 heteroatoms. The number of aromatic amines is 2. The lowest BCUT2D eigenvalue weighted by Gasteiger charge is -2.37. The second-order valence-corrected chi connectivity index (χ2v) is 9.61. The second kappa shape index (κ2) is 10.9. The summed E-state index contributed by atoms with van der Waals surface area (Å²) in [7, 11) is 0. The zero-order valence-electron chi connectivity index (χ0n) is 20.5. The van der Waals surface area contributed by atoms with Gasteiger partial charge >= 0.3 is 0 Å². The van der Waals surface area contributed by atoms with Crippen LogP contribution < -0.4 is 10.1 Å². The lowest BCUT2D eigenvalue weighted by atomic mass is 9.90. The largest absolute Gasteiger partial charge is 0.489 e. The zero-order valence-corrected chi connectivity index (χ0v) is 21.3. The topological polar surface area (TPSA) is 98.9 Å². The second-order valence-electron chi connectivity index (χ2n) is 9.22. The predicted molar refractivity (Wildman–Crippen MR) is 145 cm³/mol. The normalized spacial score (nSPS) is 17.8. The Kier molecular flexibility index (Phi) is 7.30. The van der Waals surface area contributed by atoms with E-state index in [0.717, 1.165) is 41.0 Å². The van der Waals surface area contributed by atoms with E-state index in [1.54, 1.807) is 12.1 Å². The van der Waals surface area contributed by atoms with Gasteiger partial charge in [-0.05, 0) is 68.5 Å². The van der Waals surface area contributed by atoms with Crippen molar-refractivity contribution in [2.24, 2.45) is 0 Å². The van der Waals surface area contributed by atoms with Crippen molar-refractivity contribution >= 4 is 29.0 Å². The highest BCUT2D eigenvalue weighted by molar-refractivity contribution is 7.71. The summed E-state index contributed by atoms with van der Waals surface area (Å²) in [6.07, 6.45) is 6.33. The molecule has 3 N–H and O–H groups in total. The molecule has 2 aromatic heterocycles. The van der Waals surface area contributed by atoms with E-state index in [9.17, 15) is 4.79 Å². The van der Waals surface area contributed by atoms with Crippen molar-refractivity contribution in [3.05, 3.63) is 82.0 Å². The fourth-order valence-corrected chi connectivity index (χ4v) is 5.00. The van der Waals surface area contributed by atoms with Crippen LogP contribution in [0.5, 0.6) is 5.75 Å². The number of amides is 1. The number of carbonyl (C=O) groups is 1. The van der Waals surface area contributed by atoms with E-state index < -0.39 is 0 Å². The Morgan fingerprint density at radius 2 is 2.03 bits per heavy atom. The van der Waals surface area contributed by atoms with E-state index in [1.165, 1.54) is 0 Å². The molecule has 1 fully saturated rings. The Bertz CT molecular complexity index is 1500. The number of ether oxygens (including phenoxy) is 1. The van der Waals surface area contributed by atoms with Gasteiger partial charge in [-0.1, -0.05) is 24.1 Å². The molecular weight excluding hydrogens is 484 g/mol. The van der Waals surface area contributed by atoms with Crippen molar-refractivity contribution in [1.29, 1.82) is 0 Å². The summed E-state index contributed by atoms with van der Waals surface area (Å²) in [6.45, 7) is 4.39. The van der Waals surface area contributed by atoms with Crippen LogP contribution in [0.3, 0.4) is 0 Å². The average molecular weight is 513 g/mol. The number of aryl methyl sites for hydroxylation is 1. The predicted octanol–water partition coefficient (Wildman–Crippen LogP) is 4.12. The van der Waals surface area contributed by atoms with Gasteiger partial charge in [0.15, 0.2) is 0 Å². The Balaban J connectivity index is 1.26. The molecule has 0 unspecified atom stereocenters. The summed E-state index contributed by atoms with van der Waals surface area (Å²) < 4.78 is 6.45. The number of pyridine rings is 1. The molecule has 1 aliphatic heterocycles. The fraction of sp³-hybridized carbons (Fsp3) is 0.286. The van der Waals surface area contributed by atoms with E-state index >= 15 is 0 Å². The first-order valence-corrected chi connectivity index (χ1v) is 12.6. The van der Waals surface area contributed by atoms with E-state index in [2.05, 4.69) is 36.3 Å². The van der Waals surface area contributed by atoms with Gasteiger partial charge in [0.1, 0.15) is 18.2 Å². The molecule has 1 aliphatic rings. The SMILES string of the molecule is C#CCN1CC[C@H](c2nc(=S)[nH][nH]2)[C@H](NC(=O)c2ccc(OCc3cc(C)nc4ccccc34)cc2)C1. The highest BCUT2D eigenvalue weighted by atomic mass is 32.1. The van der Waals surface area contributed by atoms with Crippen LogP contribution in [0.1, 0.15) is 39.8 Å². The van der Waals surface area contributed by atoms with E-state index in [4.69, 9.17) is 23.4 Å². The number of H-pyrrole nitrogens is 2. The molecule has 8 nitrogen and oxygen atoms in total. The molecule has 0 aliphatic carbocycles. The molecule has 3 heterocycles. The molecule has 0 saturated carbocycles. The molecule has 4 aromatic rings. The number of aromatic nitrogens is 4. The third-order valence-electron chi connectivity index (χ3n) is 6.64. The summed E-state index contributed by atoms with van der Waals surface area (Å²) in [6, 6.07) is 17.1. The van der Waals surface area contributed by atoms with Crippen molar-refractivity contribution in [3.63, 3.8) is 0 Å². The molecule has 0 bridgehead atoms. The van der Waals surface area contributed by atoms with Gasteiger partial charge in [-0.25, -0.2) is 4.98 Å². The molecule has 2 aromatic carbocycles. The first-order valence-electron chi connectivity index (χ1n) is 12.2. The Morgan fingerprint density at radius 1 is 1.22 bits per heavy atom. The Labute approximate surface area is 220 Å². The summed E-state index contributed by atoms with van der Waals surface area (Å²) in [5.74, 6) is 3.98. The summed E-state index contributed by atoms with van der Waals surface area (Å²) >= 11 is 5.13. The van der Waals surface area contributed by atoms with Gasteiger partial charge in [-0.15, -0.1) is 6.42 Å². The Hall–Kier alpha value is -4.00. The number of hydrogen-bond donors (Lipinski definition) is 3. The number of rotatable bonds is 7. The van der Waals surface area contributed by atoms with Crippen molar-refractivity contribution < 1.29 is 9.53 Å². The van der Waals surface area contributed by atoms with Crippen LogP contribution >= 0.6 is 12.2 Å². The molecule has 2 atom stereocenters. The minimum Gasteiger partial charge on any atom is -0.489 e. The number of carbonyl (C=O) groups excluding carboxylic acids is 1. The molecule has 0 spiro atoms.